The van der Waals surface area contributed by atoms with Crippen molar-refractivity contribution in [3.05, 3.63) is 24.5 Å². The normalized spacial score (nSPS) is 10.2. The van der Waals surface area contributed by atoms with Gasteiger partial charge >= 0.3 is 5.97 Å². The van der Waals surface area contributed by atoms with Crippen LogP contribution < -0.4 is 0 Å². The molecule has 0 amide bonds. The Labute approximate surface area is 90.2 Å². The number of carboxylic acid groups (broad SMARTS) is 1. The number of rotatable bonds is 4. The predicted molar refractivity (Wildman–Crippen MR) is 51.3 cm³/mol. The molecule has 1 N–H and O–H groups in total. The van der Waals surface area contributed by atoms with E-state index in [0.29, 0.717) is 11.5 Å². The van der Waals surface area contributed by atoms with Gasteiger partial charge in [-0.25, -0.2) is 4.98 Å². The van der Waals surface area contributed by atoms with E-state index in [4.69, 9.17) is 9.63 Å². The highest BCUT2D eigenvalue weighted by Gasteiger charge is 2.10. The number of carboxylic acids is 1. The fourth-order valence-corrected chi connectivity index (χ4v) is 1.09. The Bertz CT molecular complexity index is 483. The Morgan fingerprint density at radius 1 is 1.44 bits per heavy atom. The minimum Gasteiger partial charge on any atom is -0.481 e. The Morgan fingerprint density at radius 3 is 3.00 bits per heavy atom. The SMILES string of the molecule is O=C(O)CCc1nc(-c2cnccn2)no1. The quantitative estimate of drug-likeness (QED) is 0.802. The van der Waals surface area contributed by atoms with Crippen LogP contribution in [0.15, 0.2) is 23.1 Å². The molecule has 16 heavy (non-hydrogen) atoms. The van der Waals surface area contributed by atoms with Crippen LogP contribution in [0.5, 0.6) is 0 Å². The van der Waals surface area contributed by atoms with Crippen molar-refractivity contribution in [1.82, 2.24) is 20.1 Å². The molecule has 0 spiro atoms. The van der Waals surface area contributed by atoms with Crippen LogP contribution in [0.4, 0.5) is 0 Å². The van der Waals surface area contributed by atoms with E-state index in [9.17, 15) is 4.79 Å². The van der Waals surface area contributed by atoms with Gasteiger partial charge in [0, 0.05) is 18.8 Å². The molecule has 0 fully saturated rings. The number of aryl methyl sites for hydroxylation is 1. The average molecular weight is 220 g/mol. The van der Waals surface area contributed by atoms with Gasteiger partial charge in [0.15, 0.2) is 0 Å². The fourth-order valence-electron chi connectivity index (χ4n) is 1.09. The Balaban J connectivity index is 2.11. The minimum absolute atomic E-state index is 0.0396. The molecule has 0 radical (unpaired) electrons. The highest BCUT2D eigenvalue weighted by molar-refractivity contribution is 5.66. The summed E-state index contributed by atoms with van der Waals surface area (Å²) in [6.07, 6.45) is 4.73. The first kappa shape index (κ1) is 10.2. The molecule has 0 aliphatic heterocycles. The molecule has 2 aromatic rings. The number of aromatic nitrogens is 4. The van der Waals surface area contributed by atoms with Gasteiger partial charge in [-0.1, -0.05) is 5.16 Å². The lowest BCUT2D eigenvalue weighted by molar-refractivity contribution is -0.137. The maximum Gasteiger partial charge on any atom is 0.303 e. The van der Waals surface area contributed by atoms with Gasteiger partial charge in [-0.15, -0.1) is 0 Å². The van der Waals surface area contributed by atoms with Crippen LogP contribution in [0, 0.1) is 0 Å². The number of carbonyl (C=O) groups is 1. The van der Waals surface area contributed by atoms with Crippen LogP contribution in [0.1, 0.15) is 12.3 Å². The van der Waals surface area contributed by atoms with Gasteiger partial charge in [-0.05, 0) is 0 Å². The Kier molecular flexibility index (Phi) is 2.86. The van der Waals surface area contributed by atoms with E-state index in [0.717, 1.165) is 0 Å². The fraction of sp³-hybridized carbons (Fsp3) is 0.222. The van der Waals surface area contributed by atoms with Gasteiger partial charge in [-0.3, -0.25) is 9.78 Å². The monoisotopic (exact) mass is 220 g/mol. The third-order valence-electron chi connectivity index (χ3n) is 1.81. The standard InChI is InChI=1S/C9H8N4O3/c14-8(15)2-1-7-12-9(13-16-7)6-5-10-3-4-11-6/h3-5H,1-2H2,(H,14,15). The maximum atomic E-state index is 10.3. The van der Waals surface area contributed by atoms with Crippen molar-refractivity contribution >= 4 is 5.97 Å². The molecule has 0 aliphatic carbocycles. The lowest BCUT2D eigenvalue weighted by Crippen LogP contribution is -1.97. The summed E-state index contributed by atoms with van der Waals surface area (Å²) in [5, 5.41) is 12.2. The van der Waals surface area contributed by atoms with E-state index in [2.05, 4.69) is 20.1 Å². The first-order chi connectivity index (χ1) is 7.75. The first-order valence-electron chi connectivity index (χ1n) is 4.56. The van der Waals surface area contributed by atoms with Crippen molar-refractivity contribution in [2.45, 2.75) is 12.8 Å². The summed E-state index contributed by atoms with van der Waals surface area (Å²) in [5.74, 6) is -0.309. The van der Waals surface area contributed by atoms with E-state index in [1.54, 1.807) is 0 Å². The Hall–Kier alpha value is -2.31. The predicted octanol–water partition coefficient (Wildman–Crippen LogP) is 0.544. The molecule has 0 atom stereocenters. The zero-order chi connectivity index (χ0) is 11.4. The van der Waals surface area contributed by atoms with Crippen LogP contribution in [-0.2, 0) is 11.2 Å². The van der Waals surface area contributed by atoms with E-state index < -0.39 is 5.97 Å². The van der Waals surface area contributed by atoms with Crippen molar-refractivity contribution in [2.24, 2.45) is 0 Å². The van der Waals surface area contributed by atoms with Crippen molar-refractivity contribution in [2.75, 3.05) is 0 Å². The summed E-state index contributed by atoms with van der Waals surface area (Å²) in [6, 6.07) is 0. The summed E-state index contributed by atoms with van der Waals surface area (Å²) in [6.45, 7) is 0. The molecule has 0 saturated carbocycles. The first-order valence-corrected chi connectivity index (χ1v) is 4.56. The summed E-state index contributed by atoms with van der Waals surface area (Å²) in [7, 11) is 0. The van der Waals surface area contributed by atoms with Gasteiger partial charge in [0.05, 0.1) is 12.6 Å². The number of aliphatic carboxylic acids is 1. The molecule has 2 rings (SSSR count). The number of nitrogens with zero attached hydrogens (tertiary/aromatic N) is 4. The van der Waals surface area contributed by atoms with Crippen molar-refractivity contribution < 1.29 is 14.4 Å². The van der Waals surface area contributed by atoms with Gasteiger partial charge < -0.3 is 9.63 Å². The molecule has 2 heterocycles. The molecule has 2 aromatic heterocycles. The lowest BCUT2D eigenvalue weighted by atomic mass is 10.3. The van der Waals surface area contributed by atoms with Crippen molar-refractivity contribution in [1.29, 1.82) is 0 Å². The second-order valence-electron chi connectivity index (χ2n) is 3.00. The van der Waals surface area contributed by atoms with Crippen LogP contribution in [0.2, 0.25) is 0 Å². The van der Waals surface area contributed by atoms with Gasteiger partial charge in [0.1, 0.15) is 5.69 Å². The molecule has 0 aromatic carbocycles. The molecule has 7 nitrogen and oxygen atoms in total. The molecule has 82 valence electrons. The zero-order valence-electron chi connectivity index (χ0n) is 8.20. The van der Waals surface area contributed by atoms with Gasteiger partial charge in [0.2, 0.25) is 11.7 Å². The van der Waals surface area contributed by atoms with E-state index >= 15 is 0 Å². The zero-order valence-corrected chi connectivity index (χ0v) is 8.20. The van der Waals surface area contributed by atoms with Gasteiger partial charge in [0.25, 0.3) is 0 Å². The van der Waals surface area contributed by atoms with E-state index in [1.807, 2.05) is 0 Å². The van der Waals surface area contributed by atoms with Crippen LogP contribution in [-0.4, -0.2) is 31.2 Å². The maximum absolute atomic E-state index is 10.3. The molecule has 0 unspecified atom stereocenters. The van der Waals surface area contributed by atoms with Crippen molar-refractivity contribution in [3.8, 4) is 11.5 Å². The number of hydrogen-bond acceptors (Lipinski definition) is 6. The third-order valence-corrected chi connectivity index (χ3v) is 1.81. The molecule has 0 bridgehead atoms. The summed E-state index contributed by atoms with van der Waals surface area (Å²) >= 11 is 0. The molecular weight excluding hydrogens is 212 g/mol. The Morgan fingerprint density at radius 2 is 2.31 bits per heavy atom. The van der Waals surface area contributed by atoms with E-state index in [1.165, 1.54) is 18.6 Å². The van der Waals surface area contributed by atoms with Gasteiger partial charge in [-0.2, -0.15) is 4.98 Å². The van der Waals surface area contributed by atoms with Crippen LogP contribution in [0.25, 0.3) is 11.5 Å². The minimum atomic E-state index is -0.903. The summed E-state index contributed by atoms with van der Waals surface area (Å²) in [5.41, 5.74) is 0.493. The lowest BCUT2D eigenvalue weighted by Gasteiger charge is -1.89. The van der Waals surface area contributed by atoms with E-state index in [-0.39, 0.29) is 18.7 Å². The molecule has 0 saturated heterocycles. The topological polar surface area (TPSA) is 102 Å². The van der Waals surface area contributed by atoms with Crippen LogP contribution in [0.3, 0.4) is 0 Å². The second-order valence-corrected chi connectivity index (χ2v) is 3.00. The third kappa shape index (κ3) is 2.38. The second kappa shape index (κ2) is 4.47. The summed E-state index contributed by atoms with van der Waals surface area (Å²) in [4.78, 5) is 22.2. The van der Waals surface area contributed by atoms with Crippen molar-refractivity contribution in [3.63, 3.8) is 0 Å². The largest absolute Gasteiger partial charge is 0.481 e. The van der Waals surface area contributed by atoms with Crippen LogP contribution >= 0.6 is 0 Å². The highest BCUT2D eigenvalue weighted by atomic mass is 16.5. The molecular formula is C9H8N4O3. The molecule has 7 heteroatoms. The smallest absolute Gasteiger partial charge is 0.303 e. The highest BCUT2D eigenvalue weighted by Crippen LogP contribution is 2.11. The molecule has 0 aliphatic rings. The number of hydrogen-bond donors (Lipinski definition) is 1. The average Bonchev–Trinajstić information content (AvgIpc) is 2.76. The summed E-state index contributed by atoms with van der Waals surface area (Å²) < 4.78 is 4.88.